The van der Waals surface area contributed by atoms with Gasteiger partial charge >= 0.3 is 0 Å². The first-order valence-electron chi connectivity index (χ1n) is 10.9. The van der Waals surface area contributed by atoms with E-state index >= 15 is 0 Å². The summed E-state index contributed by atoms with van der Waals surface area (Å²) in [6.07, 6.45) is 1.58. The van der Waals surface area contributed by atoms with Gasteiger partial charge in [0.2, 0.25) is 0 Å². The summed E-state index contributed by atoms with van der Waals surface area (Å²) in [6, 6.07) is 21.0. The molecule has 36 heavy (non-hydrogen) atoms. The van der Waals surface area contributed by atoms with E-state index in [9.17, 15) is 14.9 Å². The Morgan fingerprint density at radius 3 is 2.33 bits per heavy atom. The molecule has 10 heteroatoms. The van der Waals surface area contributed by atoms with E-state index in [-0.39, 0.29) is 24.8 Å². The molecular formula is C26H22N2O6S2. The monoisotopic (exact) mass is 522 g/mol. The Morgan fingerprint density at radius 2 is 1.64 bits per heavy atom. The molecule has 0 aliphatic carbocycles. The van der Waals surface area contributed by atoms with E-state index in [1.165, 1.54) is 23.1 Å². The normalized spacial score (nSPS) is 14.2. The minimum atomic E-state index is -0.494. The number of thiocarbonyl (C=S) groups is 1. The van der Waals surface area contributed by atoms with Crippen molar-refractivity contribution in [1.29, 1.82) is 0 Å². The third-order valence-corrected chi connectivity index (χ3v) is 6.59. The number of nitro groups is 1. The third kappa shape index (κ3) is 6.02. The van der Waals surface area contributed by atoms with E-state index < -0.39 is 4.92 Å². The Kier molecular flexibility index (Phi) is 8.19. The molecule has 1 saturated heterocycles. The lowest BCUT2D eigenvalue weighted by atomic mass is 10.1. The van der Waals surface area contributed by atoms with Gasteiger partial charge in [0.05, 0.1) is 23.5 Å². The summed E-state index contributed by atoms with van der Waals surface area (Å²) in [5, 5.41) is 11.4. The summed E-state index contributed by atoms with van der Waals surface area (Å²) in [4.78, 5) is 25.8. The molecule has 1 fully saturated rings. The number of amides is 1. The van der Waals surface area contributed by atoms with Gasteiger partial charge in [-0.2, -0.15) is 0 Å². The average molecular weight is 523 g/mol. The zero-order valence-corrected chi connectivity index (χ0v) is 20.9. The lowest BCUT2D eigenvalue weighted by Crippen LogP contribution is -2.27. The lowest BCUT2D eigenvalue weighted by molar-refractivity contribution is -0.384. The topological polar surface area (TPSA) is 91.1 Å². The fourth-order valence-corrected chi connectivity index (χ4v) is 4.72. The van der Waals surface area contributed by atoms with E-state index in [4.69, 9.17) is 26.4 Å². The van der Waals surface area contributed by atoms with Crippen molar-refractivity contribution in [3.8, 4) is 17.2 Å². The maximum Gasteiger partial charge on any atom is 0.270 e. The minimum absolute atomic E-state index is 0.112. The maximum absolute atomic E-state index is 13.1. The number of non-ortho nitro benzene ring substituents is 1. The highest BCUT2D eigenvalue weighted by Gasteiger charge is 2.32. The highest BCUT2D eigenvalue weighted by molar-refractivity contribution is 8.26. The summed E-state index contributed by atoms with van der Waals surface area (Å²) in [5.41, 5.74) is 1.24. The standard InChI is InChI=1S/C26H22N2O6S2/c1-32-22-9-5-6-10-23(22)34-14-13-33-21-12-11-20(28(30)31)15-19(21)16-24-25(29)27(26(35)36-24)17-18-7-3-2-4-8-18/h2-12,15-16H,13-14,17H2,1H3/b24-16-. The molecule has 0 aromatic heterocycles. The molecule has 1 amide bonds. The first-order valence-corrected chi connectivity index (χ1v) is 12.1. The molecule has 3 aromatic rings. The van der Waals surface area contributed by atoms with Crippen molar-refractivity contribution in [2.75, 3.05) is 20.3 Å². The van der Waals surface area contributed by atoms with Gasteiger partial charge < -0.3 is 14.2 Å². The molecular weight excluding hydrogens is 500 g/mol. The number of para-hydroxylation sites is 2. The molecule has 0 saturated carbocycles. The Hall–Kier alpha value is -3.89. The molecule has 1 aliphatic rings. The van der Waals surface area contributed by atoms with Crippen LogP contribution in [0, 0.1) is 10.1 Å². The average Bonchev–Trinajstić information content (AvgIpc) is 3.15. The summed E-state index contributed by atoms with van der Waals surface area (Å²) in [6.45, 7) is 0.739. The summed E-state index contributed by atoms with van der Waals surface area (Å²) >= 11 is 6.58. The summed E-state index contributed by atoms with van der Waals surface area (Å²) in [7, 11) is 1.56. The van der Waals surface area contributed by atoms with E-state index in [0.717, 1.165) is 17.3 Å². The fraction of sp³-hybridized carbons (Fsp3) is 0.154. The second kappa shape index (κ2) is 11.7. The van der Waals surface area contributed by atoms with Crippen LogP contribution in [0.5, 0.6) is 17.2 Å². The van der Waals surface area contributed by atoms with Crippen molar-refractivity contribution >= 4 is 46.0 Å². The summed E-state index contributed by atoms with van der Waals surface area (Å²) < 4.78 is 17.3. The van der Waals surface area contributed by atoms with Gasteiger partial charge in [-0.25, -0.2) is 0 Å². The Bertz CT molecular complexity index is 1310. The van der Waals surface area contributed by atoms with Gasteiger partial charge in [0.25, 0.3) is 11.6 Å². The SMILES string of the molecule is COc1ccccc1OCCOc1ccc([N+](=O)[O-])cc1/C=C1\SC(=S)N(Cc2ccccc2)C1=O. The van der Waals surface area contributed by atoms with E-state index in [1.807, 2.05) is 42.5 Å². The van der Waals surface area contributed by atoms with Crippen LogP contribution < -0.4 is 14.2 Å². The highest BCUT2D eigenvalue weighted by Crippen LogP contribution is 2.36. The van der Waals surface area contributed by atoms with Gasteiger partial charge in [-0.3, -0.25) is 19.8 Å². The molecule has 0 unspecified atom stereocenters. The number of benzene rings is 3. The predicted molar refractivity (Wildman–Crippen MR) is 142 cm³/mol. The Labute approximate surface area is 217 Å². The number of nitrogens with zero attached hydrogens (tertiary/aromatic N) is 2. The molecule has 0 spiro atoms. The van der Waals surface area contributed by atoms with Crippen LogP contribution >= 0.6 is 24.0 Å². The number of methoxy groups -OCH3 is 1. The Balaban J connectivity index is 1.50. The van der Waals surface area contributed by atoms with Crippen LogP contribution in [0.4, 0.5) is 5.69 Å². The second-order valence-electron chi connectivity index (χ2n) is 7.58. The molecule has 0 N–H and O–H groups in total. The highest BCUT2D eigenvalue weighted by atomic mass is 32.2. The van der Waals surface area contributed by atoms with E-state index in [0.29, 0.717) is 38.6 Å². The van der Waals surface area contributed by atoms with Crippen LogP contribution in [0.1, 0.15) is 11.1 Å². The van der Waals surface area contributed by atoms with Gasteiger partial charge in [-0.05, 0) is 29.8 Å². The third-order valence-electron chi connectivity index (χ3n) is 5.22. The Morgan fingerprint density at radius 1 is 0.972 bits per heavy atom. The molecule has 0 radical (unpaired) electrons. The van der Waals surface area contributed by atoms with Crippen molar-refractivity contribution in [3.63, 3.8) is 0 Å². The van der Waals surface area contributed by atoms with Crippen LogP contribution in [0.3, 0.4) is 0 Å². The van der Waals surface area contributed by atoms with Gasteiger partial charge in [0.15, 0.2) is 11.5 Å². The number of thioether (sulfide) groups is 1. The second-order valence-corrected chi connectivity index (χ2v) is 9.26. The fourth-order valence-electron chi connectivity index (χ4n) is 3.48. The number of rotatable bonds is 10. The van der Waals surface area contributed by atoms with Crippen molar-refractivity contribution in [3.05, 3.63) is 98.9 Å². The zero-order chi connectivity index (χ0) is 25.5. The molecule has 1 aliphatic heterocycles. The molecule has 1 heterocycles. The van der Waals surface area contributed by atoms with Crippen LogP contribution in [0.2, 0.25) is 0 Å². The molecule has 0 atom stereocenters. The first kappa shape index (κ1) is 25.2. The largest absolute Gasteiger partial charge is 0.493 e. The quantitative estimate of drug-likeness (QED) is 0.114. The molecule has 0 bridgehead atoms. The van der Waals surface area contributed by atoms with Crippen molar-refractivity contribution < 1.29 is 23.9 Å². The molecule has 8 nitrogen and oxygen atoms in total. The van der Waals surface area contributed by atoms with Crippen LogP contribution in [-0.2, 0) is 11.3 Å². The van der Waals surface area contributed by atoms with Gasteiger partial charge in [-0.1, -0.05) is 66.4 Å². The van der Waals surface area contributed by atoms with Gasteiger partial charge in [0.1, 0.15) is 23.3 Å². The zero-order valence-electron chi connectivity index (χ0n) is 19.3. The van der Waals surface area contributed by atoms with Crippen LogP contribution in [0.15, 0.2) is 77.7 Å². The number of nitro benzene ring substituents is 1. The maximum atomic E-state index is 13.1. The predicted octanol–water partition coefficient (Wildman–Crippen LogP) is 5.46. The smallest absolute Gasteiger partial charge is 0.270 e. The number of carbonyl (C=O) groups is 1. The van der Waals surface area contributed by atoms with Gasteiger partial charge in [0, 0.05) is 17.7 Å². The number of carbonyl (C=O) groups excluding carboxylic acids is 1. The van der Waals surface area contributed by atoms with E-state index in [1.54, 1.807) is 25.3 Å². The number of ether oxygens (including phenoxy) is 3. The van der Waals surface area contributed by atoms with Crippen molar-refractivity contribution in [1.82, 2.24) is 4.90 Å². The number of hydrogen-bond donors (Lipinski definition) is 0. The summed E-state index contributed by atoms with van der Waals surface area (Å²) in [5.74, 6) is 1.31. The first-order chi connectivity index (χ1) is 17.5. The van der Waals surface area contributed by atoms with Crippen molar-refractivity contribution in [2.24, 2.45) is 0 Å². The van der Waals surface area contributed by atoms with E-state index in [2.05, 4.69) is 0 Å². The van der Waals surface area contributed by atoms with Gasteiger partial charge in [-0.15, -0.1) is 0 Å². The lowest BCUT2D eigenvalue weighted by Gasteiger charge is -2.14. The van der Waals surface area contributed by atoms with Crippen LogP contribution in [-0.4, -0.2) is 40.4 Å². The number of hydrogen-bond acceptors (Lipinski definition) is 8. The molecule has 3 aromatic carbocycles. The van der Waals surface area contributed by atoms with Crippen molar-refractivity contribution in [2.45, 2.75) is 6.54 Å². The van der Waals surface area contributed by atoms with Crippen LogP contribution in [0.25, 0.3) is 6.08 Å². The minimum Gasteiger partial charge on any atom is -0.493 e. The molecule has 4 rings (SSSR count). The molecule has 184 valence electrons.